The number of ether oxygens (including phenoxy) is 2. The standard InChI is InChI=1S/C14H20N2O5/c1-9(13(17)16-6-3-7-20-2)21-10-4-5-11(14(18)19)12(15)8-10/h4-5,8-9H,3,6-7,15H2,1-2H3,(H,16,17)(H,18,19). The van der Waals surface area contributed by atoms with E-state index in [0.717, 1.165) is 6.42 Å². The zero-order valence-electron chi connectivity index (χ0n) is 12.1. The molecule has 0 aliphatic rings. The first-order chi connectivity index (χ1) is 9.95. The number of hydrogen-bond acceptors (Lipinski definition) is 5. The maximum Gasteiger partial charge on any atom is 0.337 e. The molecule has 7 nitrogen and oxygen atoms in total. The summed E-state index contributed by atoms with van der Waals surface area (Å²) in [7, 11) is 1.60. The Kier molecular flexibility index (Phi) is 6.48. The lowest BCUT2D eigenvalue weighted by atomic mass is 10.2. The number of nitrogens with one attached hydrogen (secondary N) is 1. The van der Waals surface area contributed by atoms with Gasteiger partial charge in [0.25, 0.3) is 5.91 Å². The number of methoxy groups -OCH3 is 1. The quantitative estimate of drug-likeness (QED) is 0.485. The van der Waals surface area contributed by atoms with Crippen molar-refractivity contribution in [2.45, 2.75) is 19.4 Å². The molecule has 0 saturated carbocycles. The molecule has 0 bridgehead atoms. The number of nitrogen functional groups attached to an aromatic ring is 1. The van der Waals surface area contributed by atoms with Crippen molar-refractivity contribution in [1.82, 2.24) is 5.32 Å². The summed E-state index contributed by atoms with van der Waals surface area (Å²) < 4.78 is 10.3. The minimum absolute atomic E-state index is 0.000907. The van der Waals surface area contributed by atoms with Gasteiger partial charge >= 0.3 is 5.97 Å². The fourth-order valence-corrected chi connectivity index (χ4v) is 1.64. The molecule has 1 rings (SSSR count). The third-order valence-corrected chi connectivity index (χ3v) is 2.76. The first-order valence-corrected chi connectivity index (χ1v) is 6.51. The van der Waals surface area contributed by atoms with Crippen molar-refractivity contribution in [3.05, 3.63) is 23.8 Å². The van der Waals surface area contributed by atoms with Crippen molar-refractivity contribution in [2.24, 2.45) is 0 Å². The molecule has 116 valence electrons. The van der Waals surface area contributed by atoms with E-state index in [4.69, 9.17) is 20.3 Å². The van der Waals surface area contributed by atoms with Crippen molar-refractivity contribution in [2.75, 3.05) is 26.0 Å². The lowest BCUT2D eigenvalue weighted by Crippen LogP contribution is -2.37. The first kappa shape index (κ1) is 16.8. The normalized spacial score (nSPS) is 11.7. The van der Waals surface area contributed by atoms with E-state index < -0.39 is 12.1 Å². The van der Waals surface area contributed by atoms with Gasteiger partial charge in [-0.05, 0) is 25.5 Å². The summed E-state index contributed by atoms with van der Waals surface area (Å²) in [5, 5.41) is 11.6. The fourth-order valence-electron chi connectivity index (χ4n) is 1.64. The van der Waals surface area contributed by atoms with Gasteiger partial charge < -0.3 is 25.6 Å². The Balaban J connectivity index is 2.54. The molecule has 0 saturated heterocycles. The molecular formula is C14H20N2O5. The molecule has 21 heavy (non-hydrogen) atoms. The number of rotatable bonds is 8. The van der Waals surface area contributed by atoms with Crippen LogP contribution in [0, 0.1) is 0 Å². The Bertz CT molecular complexity index is 504. The van der Waals surface area contributed by atoms with Crippen LogP contribution in [-0.4, -0.2) is 43.3 Å². The predicted octanol–water partition coefficient (Wildman–Crippen LogP) is 0.887. The smallest absolute Gasteiger partial charge is 0.337 e. The van der Waals surface area contributed by atoms with Gasteiger partial charge in [-0.3, -0.25) is 4.79 Å². The molecule has 0 aliphatic carbocycles. The molecule has 4 N–H and O–H groups in total. The Morgan fingerprint density at radius 2 is 2.14 bits per heavy atom. The van der Waals surface area contributed by atoms with Crippen LogP contribution in [0.1, 0.15) is 23.7 Å². The maximum absolute atomic E-state index is 11.8. The van der Waals surface area contributed by atoms with Gasteiger partial charge in [0.1, 0.15) is 5.75 Å². The number of amides is 1. The second-order valence-corrected chi connectivity index (χ2v) is 4.45. The fraction of sp³-hybridized carbons (Fsp3) is 0.429. The minimum Gasteiger partial charge on any atom is -0.481 e. The Morgan fingerprint density at radius 1 is 1.43 bits per heavy atom. The highest BCUT2D eigenvalue weighted by atomic mass is 16.5. The van der Waals surface area contributed by atoms with Crippen molar-refractivity contribution in [3.63, 3.8) is 0 Å². The molecule has 0 aromatic heterocycles. The Morgan fingerprint density at radius 3 is 2.71 bits per heavy atom. The van der Waals surface area contributed by atoms with Crippen LogP contribution in [0.4, 0.5) is 5.69 Å². The third kappa shape index (κ3) is 5.31. The topological polar surface area (TPSA) is 111 Å². The largest absolute Gasteiger partial charge is 0.481 e. The van der Waals surface area contributed by atoms with Crippen LogP contribution in [0.2, 0.25) is 0 Å². The van der Waals surface area contributed by atoms with Gasteiger partial charge in [-0.1, -0.05) is 0 Å². The average molecular weight is 296 g/mol. The lowest BCUT2D eigenvalue weighted by Gasteiger charge is -2.15. The molecule has 0 radical (unpaired) electrons. The van der Waals surface area contributed by atoms with E-state index in [1.54, 1.807) is 14.0 Å². The third-order valence-electron chi connectivity index (χ3n) is 2.76. The summed E-state index contributed by atoms with van der Waals surface area (Å²) in [5.74, 6) is -1.02. The van der Waals surface area contributed by atoms with Gasteiger partial charge in [0.15, 0.2) is 6.10 Å². The van der Waals surface area contributed by atoms with E-state index in [9.17, 15) is 9.59 Å². The second kappa shape index (κ2) is 8.11. The first-order valence-electron chi connectivity index (χ1n) is 6.51. The summed E-state index contributed by atoms with van der Waals surface area (Å²) in [4.78, 5) is 22.6. The molecule has 1 amide bonds. The molecule has 0 heterocycles. The van der Waals surface area contributed by atoms with Crippen molar-refractivity contribution in [1.29, 1.82) is 0 Å². The molecule has 1 aromatic carbocycles. The second-order valence-electron chi connectivity index (χ2n) is 4.45. The number of nitrogens with two attached hydrogens (primary N) is 1. The lowest BCUT2D eigenvalue weighted by molar-refractivity contribution is -0.127. The molecule has 0 fully saturated rings. The van der Waals surface area contributed by atoms with Crippen LogP contribution in [-0.2, 0) is 9.53 Å². The number of carbonyl (C=O) groups excluding carboxylic acids is 1. The molecule has 1 aromatic rings. The highest BCUT2D eigenvalue weighted by Gasteiger charge is 2.15. The van der Waals surface area contributed by atoms with Gasteiger partial charge in [-0.15, -0.1) is 0 Å². The summed E-state index contributed by atoms with van der Waals surface area (Å²) in [6.07, 6.45) is 0.0116. The number of carboxylic acid groups (broad SMARTS) is 1. The van der Waals surface area contributed by atoms with Gasteiger partial charge in [-0.2, -0.15) is 0 Å². The maximum atomic E-state index is 11.8. The van der Waals surface area contributed by atoms with Crippen LogP contribution in [0.15, 0.2) is 18.2 Å². The van der Waals surface area contributed by atoms with Crippen LogP contribution >= 0.6 is 0 Å². The Hall–Kier alpha value is -2.28. The van der Waals surface area contributed by atoms with Gasteiger partial charge in [-0.25, -0.2) is 4.79 Å². The molecule has 1 atom stereocenters. The average Bonchev–Trinajstić information content (AvgIpc) is 2.43. The van der Waals surface area contributed by atoms with Crippen molar-refractivity contribution >= 4 is 17.6 Å². The van der Waals surface area contributed by atoms with Gasteiger partial charge in [0, 0.05) is 32.0 Å². The van der Waals surface area contributed by atoms with E-state index in [2.05, 4.69) is 5.32 Å². The Labute approximate surface area is 123 Å². The zero-order chi connectivity index (χ0) is 15.8. The number of aromatic carboxylic acids is 1. The van der Waals surface area contributed by atoms with Crippen molar-refractivity contribution in [3.8, 4) is 5.75 Å². The van der Waals surface area contributed by atoms with E-state index in [-0.39, 0.29) is 17.2 Å². The van der Waals surface area contributed by atoms with Crippen LogP contribution in [0.5, 0.6) is 5.75 Å². The predicted molar refractivity (Wildman–Crippen MR) is 77.4 cm³/mol. The molecular weight excluding hydrogens is 276 g/mol. The highest BCUT2D eigenvalue weighted by Crippen LogP contribution is 2.20. The SMILES string of the molecule is COCCCNC(=O)C(C)Oc1ccc(C(=O)O)c(N)c1. The van der Waals surface area contributed by atoms with E-state index in [0.29, 0.717) is 18.9 Å². The number of carbonyl (C=O) groups is 2. The van der Waals surface area contributed by atoms with E-state index in [1.165, 1.54) is 18.2 Å². The number of benzene rings is 1. The summed E-state index contributed by atoms with van der Waals surface area (Å²) in [6.45, 7) is 2.68. The van der Waals surface area contributed by atoms with E-state index in [1.807, 2.05) is 0 Å². The molecule has 0 aliphatic heterocycles. The van der Waals surface area contributed by atoms with E-state index >= 15 is 0 Å². The van der Waals surface area contributed by atoms with Gasteiger partial charge in [0.05, 0.1) is 5.56 Å². The highest BCUT2D eigenvalue weighted by molar-refractivity contribution is 5.93. The number of hydrogen-bond donors (Lipinski definition) is 3. The number of carboxylic acids is 1. The van der Waals surface area contributed by atoms with Crippen LogP contribution in [0.3, 0.4) is 0 Å². The molecule has 7 heteroatoms. The van der Waals surface area contributed by atoms with Crippen molar-refractivity contribution < 1.29 is 24.2 Å². The van der Waals surface area contributed by atoms with Gasteiger partial charge in [0.2, 0.25) is 0 Å². The summed E-state index contributed by atoms with van der Waals surface area (Å²) in [5.41, 5.74) is 5.70. The minimum atomic E-state index is -1.11. The van der Waals surface area contributed by atoms with Crippen LogP contribution in [0.25, 0.3) is 0 Å². The van der Waals surface area contributed by atoms with Crippen LogP contribution < -0.4 is 15.8 Å². The number of anilines is 1. The molecule has 0 spiro atoms. The summed E-state index contributed by atoms with van der Waals surface area (Å²) >= 11 is 0. The zero-order valence-corrected chi connectivity index (χ0v) is 12.1. The summed E-state index contributed by atoms with van der Waals surface area (Å²) in [6, 6.07) is 4.20. The monoisotopic (exact) mass is 296 g/mol. The molecule has 1 unspecified atom stereocenters.